The highest BCUT2D eigenvalue weighted by Crippen LogP contribution is 2.33. The fourth-order valence-corrected chi connectivity index (χ4v) is 5.06. The Hall–Kier alpha value is 0.260. The van der Waals surface area contributed by atoms with E-state index in [9.17, 15) is 0 Å². The molecule has 3 unspecified atom stereocenters. The molecule has 0 amide bonds. The Kier molecular flexibility index (Phi) is 4.21. The standard InChI is InChI=1S/C13H22BrN3S/c1-16-5-2-3-10-9-17(6-4-12(10)16)13-15-8-11(7-14)18-13/h10-12H,2-9H2,1H3. The average Bonchev–Trinajstić information content (AvgIpc) is 2.87. The van der Waals surface area contributed by atoms with Gasteiger partial charge in [-0.1, -0.05) is 27.7 Å². The summed E-state index contributed by atoms with van der Waals surface area (Å²) in [6.45, 7) is 4.72. The molecular formula is C13H22BrN3S. The topological polar surface area (TPSA) is 18.8 Å². The van der Waals surface area contributed by atoms with Gasteiger partial charge in [0.15, 0.2) is 5.17 Å². The van der Waals surface area contributed by atoms with Gasteiger partial charge in [0.25, 0.3) is 0 Å². The minimum absolute atomic E-state index is 0.659. The SMILES string of the molecule is CN1CCCC2CN(C3=NCC(CBr)S3)CCC21. The molecule has 3 aliphatic rings. The van der Waals surface area contributed by atoms with E-state index in [0.29, 0.717) is 5.25 Å². The smallest absolute Gasteiger partial charge is 0.159 e. The lowest BCUT2D eigenvalue weighted by atomic mass is 9.84. The predicted molar refractivity (Wildman–Crippen MR) is 82.8 cm³/mol. The van der Waals surface area contributed by atoms with Crippen molar-refractivity contribution < 1.29 is 0 Å². The Balaban J connectivity index is 1.61. The fourth-order valence-electron chi connectivity index (χ4n) is 3.48. The Morgan fingerprint density at radius 1 is 1.39 bits per heavy atom. The summed E-state index contributed by atoms with van der Waals surface area (Å²) in [5.74, 6) is 0.865. The van der Waals surface area contributed by atoms with E-state index >= 15 is 0 Å². The van der Waals surface area contributed by atoms with Gasteiger partial charge in [-0.3, -0.25) is 4.99 Å². The molecule has 0 radical (unpaired) electrons. The summed E-state index contributed by atoms with van der Waals surface area (Å²) in [5.41, 5.74) is 0. The van der Waals surface area contributed by atoms with Gasteiger partial charge < -0.3 is 9.80 Å². The number of amidine groups is 1. The number of halogens is 1. The Labute approximate surface area is 123 Å². The number of hydrogen-bond donors (Lipinski definition) is 0. The first-order valence-corrected chi connectivity index (χ1v) is 9.00. The highest BCUT2D eigenvalue weighted by Gasteiger charge is 2.36. The lowest BCUT2D eigenvalue weighted by Gasteiger charge is -2.46. The third kappa shape index (κ3) is 2.59. The van der Waals surface area contributed by atoms with Crippen LogP contribution in [0.3, 0.4) is 0 Å². The molecule has 3 rings (SSSR count). The minimum atomic E-state index is 0.659. The summed E-state index contributed by atoms with van der Waals surface area (Å²) in [6, 6.07) is 0.828. The van der Waals surface area contributed by atoms with Gasteiger partial charge in [0.1, 0.15) is 0 Å². The summed E-state index contributed by atoms with van der Waals surface area (Å²) in [5, 5.41) is 3.03. The Morgan fingerprint density at radius 2 is 2.28 bits per heavy atom. The van der Waals surface area contributed by atoms with Crippen molar-refractivity contribution in [1.82, 2.24) is 9.80 Å². The van der Waals surface area contributed by atoms with E-state index in [1.807, 2.05) is 11.8 Å². The number of piperidine rings is 2. The largest absolute Gasteiger partial charge is 0.351 e. The molecule has 102 valence electrons. The lowest BCUT2D eigenvalue weighted by molar-refractivity contribution is 0.0642. The van der Waals surface area contributed by atoms with E-state index in [0.717, 1.165) is 23.8 Å². The second-order valence-electron chi connectivity index (χ2n) is 5.70. The molecule has 0 spiro atoms. The molecule has 5 heteroatoms. The molecule has 3 nitrogen and oxygen atoms in total. The van der Waals surface area contributed by atoms with Gasteiger partial charge in [-0.2, -0.15) is 0 Å². The molecule has 0 aliphatic carbocycles. The summed E-state index contributed by atoms with van der Waals surface area (Å²) >= 11 is 5.54. The number of thioether (sulfide) groups is 1. The van der Waals surface area contributed by atoms with Crippen LogP contribution in [0.15, 0.2) is 4.99 Å². The second kappa shape index (κ2) is 5.71. The van der Waals surface area contributed by atoms with Gasteiger partial charge in [0, 0.05) is 29.7 Å². The maximum Gasteiger partial charge on any atom is 0.159 e. The maximum atomic E-state index is 4.73. The van der Waals surface area contributed by atoms with Crippen LogP contribution in [0.25, 0.3) is 0 Å². The zero-order valence-corrected chi connectivity index (χ0v) is 13.4. The van der Waals surface area contributed by atoms with Crippen LogP contribution in [-0.4, -0.2) is 64.8 Å². The van der Waals surface area contributed by atoms with Crippen LogP contribution < -0.4 is 0 Å². The summed E-state index contributed by atoms with van der Waals surface area (Å²) < 4.78 is 0. The number of rotatable bonds is 1. The predicted octanol–water partition coefficient (Wildman–Crippen LogP) is 2.27. The van der Waals surface area contributed by atoms with Gasteiger partial charge in [-0.15, -0.1) is 0 Å². The summed E-state index contributed by atoms with van der Waals surface area (Å²) in [4.78, 5) is 9.86. The van der Waals surface area contributed by atoms with Crippen LogP contribution in [0.2, 0.25) is 0 Å². The molecule has 0 aromatic heterocycles. The van der Waals surface area contributed by atoms with Crippen molar-refractivity contribution >= 4 is 32.9 Å². The zero-order valence-electron chi connectivity index (χ0n) is 11.0. The van der Waals surface area contributed by atoms with E-state index in [2.05, 4.69) is 32.8 Å². The molecule has 18 heavy (non-hydrogen) atoms. The van der Waals surface area contributed by atoms with Crippen LogP contribution >= 0.6 is 27.7 Å². The molecule has 0 aromatic rings. The zero-order chi connectivity index (χ0) is 12.5. The molecular weight excluding hydrogens is 310 g/mol. The molecule has 2 saturated heterocycles. The summed E-state index contributed by atoms with van der Waals surface area (Å²) in [7, 11) is 2.30. The van der Waals surface area contributed by atoms with E-state index in [4.69, 9.17) is 4.99 Å². The number of likely N-dealkylation sites (tertiary alicyclic amines) is 2. The molecule has 2 fully saturated rings. The van der Waals surface area contributed by atoms with Crippen molar-refractivity contribution in [2.24, 2.45) is 10.9 Å². The van der Waals surface area contributed by atoms with Crippen molar-refractivity contribution in [3.63, 3.8) is 0 Å². The van der Waals surface area contributed by atoms with Crippen molar-refractivity contribution in [3.05, 3.63) is 0 Å². The number of alkyl halides is 1. The third-order valence-corrected chi connectivity index (χ3v) is 6.95. The van der Waals surface area contributed by atoms with Gasteiger partial charge in [-0.25, -0.2) is 0 Å². The first kappa shape index (κ1) is 13.3. The number of aliphatic imine (C=N–C) groups is 1. The molecule has 0 N–H and O–H groups in total. The fraction of sp³-hybridized carbons (Fsp3) is 0.923. The Morgan fingerprint density at radius 3 is 3.06 bits per heavy atom. The number of hydrogen-bond acceptors (Lipinski definition) is 4. The quantitative estimate of drug-likeness (QED) is 0.687. The van der Waals surface area contributed by atoms with Crippen LogP contribution in [0.5, 0.6) is 0 Å². The highest BCUT2D eigenvalue weighted by atomic mass is 79.9. The van der Waals surface area contributed by atoms with E-state index < -0.39 is 0 Å². The average molecular weight is 332 g/mol. The highest BCUT2D eigenvalue weighted by molar-refractivity contribution is 9.09. The van der Waals surface area contributed by atoms with Gasteiger partial charge in [0.05, 0.1) is 6.54 Å². The van der Waals surface area contributed by atoms with Crippen molar-refractivity contribution in [3.8, 4) is 0 Å². The summed E-state index contributed by atoms with van der Waals surface area (Å²) in [6.07, 6.45) is 4.10. The molecule has 0 saturated carbocycles. The minimum Gasteiger partial charge on any atom is -0.351 e. The normalized spacial score (nSPS) is 37.6. The molecule has 3 atom stereocenters. The van der Waals surface area contributed by atoms with Crippen LogP contribution in [0.4, 0.5) is 0 Å². The molecule has 0 bridgehead atoms. The first-order valence-electron chi connectivity index (χ1n) is 7.00. The van der Waals surface area contributed by atoms with Gasteiger partial charge >= 0.3 is 0 Å². The lowest BCUT2D eigenvalue weighted by Crippen LogP contribution is -2.53. The maximum absolute atomic E-state index is 4.73. The van der Waals surface area contributed by atoms with E-state index in [1.54, 1.807) is 0 Å². The number of fused-ring (bicyclic) bond motifs is 1. The first-order chi connectivity index (χ1) is 8.78. The van der Waals surface area contributed by atoms with Gasteiger partial charge in [-0.05, 0) is 38.8 Å². The van der Waals surface area contributed by atoms with Gasteiger partial charge in [0.2, 0.25) is 0 Å². The van der Waals surface area contributed by atoms with Crippen molar-refractivity contribution in [2.75, 3.05) is 38.6 Å². The van der Waals surface area contributed by atoms with Crippen LogP contribution in [0, 0.1) is 5.92 Å². The molecule has 3 heterocycles. The van der Waals surface area contributed by atoms with E-state index in [1.165, 1.54) is 44.1 Å². The van der Waals surface area contributed by atoms with Crippen molar-refractivity contribution in [1.29, 1.82) is 0 Å². The van der Waals surface area contributed by atoms with E-state index in [-0.39, 0.29) is 0 Å². The molecule has 0 aromatic carbocycles. The second-order valence-corrected chi connectivity index (χ2v) is 7.62. The Bertz CT molecular complexity index is 336. The van der Waals surface area contributed by atoms with Crippen LogP contribution in [-0.2, 0) is 0 Å². The molecule has 3 aliphatic heterocycles. The van der Waals surface area contributed by atoms with Crippen molar-refractivity contribution in [2.45, 2.75) is 30.6 Å². The number of nitrogens with zero attached hydrogens (tertiary/aromatic N) is 3. The third-order valence-electron chi connectivity index (χ3n) is 4.49. The monoisotopic (exact) mass is 331 g/mol. The van der Waals surface area contributed by atoms with Crippen LogP contribution in [0.1, 0.15) is 19.3 Å².